The van der Waals surface area contributed by atoms with E-state index in [1.165, 1.54) is 11.1 Å². The van der Waals surface area contributed by atoms with Crippen molar-refractivity contribution in [3.8, 4) is 0 Å². The summed E-state index contributed by atoms with van der Waals surface area (Å²) in [4.78, 5) is 29.3. The van der Waals surface area contributed by atoms with E-state index >= 15 is 0 Å². The molecule has 2 atom stereocenters. The molecule has 2 aliphatic rings. The molecule has 0 radical (unpaired) electrons. The normalized spacial score (nSPS) is 23.3. The molecule has 1 aliphatic heterocycles. The van der Waals surface area contributed by atoms with Crippen LogP contribution in [0.15, 0.2) is 24.3 Å². The predicted octanol–water partition coefficient (Wildman–Crippen LogP) is 3.42. The van der Waals surface area contributed by atoms with Crippen molar-refractivity contribution in [1.29, 1.82) is 0 Å². The highest BCUT2D eigenvalue weighted by Gasteiger charge is 2.34. The van der Waals surface area contributed by atoms with Crippen LogP contribution >= 0.6 is 0 Å². The zero-order chi connectivity index (χ0) is 18.0. The summed E-state index contributed by atoms with van der Waals surface area (Å²) >= 11 is 0. The first kappa shape index (κ1) is 18.0. The minimum absolute atomic E-state index is 0.00296. The summed E-state index contributed by atoms with van der Waals surface area (Å²) in [6.07, 6.45) is 5.07. The van der Waals surface area contributed by atoms with Crippen molar-refractivity contribution in [3.05, 3.63) is 35.4 Å². The monoisotopic (exact) mass is 342 g/mol. The van der Waals surface area contributed by atoms with E-state index in [1.54, 1.807) is 0 Å². The molecule has 1 fully saturated rings. The van der Waals surface area contributed by atoms with E-state index in [2.05, 4.69) is 24.3 Å². The van der Waals surface area contributed by atoms with Crippen LogP contribution in [0.3, 0.4) is 0 Å². The molecule has 0 bridgehead atoms. The number of rotatable bonds is 3. The molecule has 1 aromatic carbocycles. The highest BCUT2D eigenvalue weighted by molar-refractivity contribution is 5.82. The lowest BCUT2D eigenvalue weighted by atomic mass is 9.86. The maximum absolute atomic E-state index is 13.1. The number of benzene rings is 1. The third-order valence-electron chi connectivity index (χ3n) is 5.73. The van der Waals surface area contributed by atoms with Gasteiger partial charge in [0.2, 0.25) is 11.8 Å². The number of carbonyl (C=O) groups is 2. The van der Waals surface area contributed by atoms with E-state index in [-0.39, 0.29) is 29.7 Å². The van der Waals surface area contributed by atoms with E-state index in [9.17, 15) is 9.59 Å². The molecular formula is C21H30N2O2. The molecule has 0 aromatic heterocycles. The summed E-state index contributed by atoms with van der Waals surface area (Å²) in [7, 11) is 1.94. The average molecular weight is 342 g/mol. The Kier molecular flexibility index (Phi) is 5.45. The van der Waals surface area contributed by atoms with Crippen LogP contribution in [0.2, 0.25) is 0 Å². The lowest BCUT2D eigenvalue weighted by Crippen LogP contribution is -2.47. The maximum Gasteiger partial charge on any atom is 0.227 e. The fourth-order valence-electron chi connectivity index (χ4n) is 4.32. The molecule has 0 unspecified atom stereocenters. The van der Waals surface area contributed by atoms with Gasteiger partial charge in [-0.3, -0.25) is 9.59 Å². The third kappa shape index (κ3) is 3.73. The van der Waals surface area contributed by atoms with E-state index in [4.69, 9.17) is 0 Å². The van der Waals surface area contributed by atoms with Gasteiger partial charge in [-0.15, -0.1) is 0 Å². The van der Waals surface area contributed by atoms with Crippen molar-refractivity contribution < 1.29 is 9.59 Å². The Hall–Kier alpha value is -1.84. The van der Waals surface area contributed by atoms with Gasteiger partial charge >= 0.3 is 0 Å². The zero-order valence-electron chi connectivity index (χ0n) is 15.7. The molecule has 4 nitrogen and oxygen atoms in total. The third-order valence-corrected chi connectivity index (χ3v) is 5.73. The number of likely N-dealkylation sites (tertiary alicyclic amines) is 1. The zero-order valence-corrected chi connectivity index (χ0v) is 15.7. The van der Waals surface area contributed by atoms with Crippen LogP contribution in [0.1, 0.15) is 56.7 Å². The van der Waals surface area contributed by atoms with Gasteiger partial charge in [0.15, 0.2) is 0 Å². The fraction of sp³-hybridized carbons (Fsp3) is 0.619. The molecule has 0 saturated carbocycles. The Morgan fingerprint density at radius 2 is 1.92 bits per heavy atom. The van der Waals surface area contributed by atoms with Crippen molar-refractivity contribution in [2.75, 3.05) is 20.1 Å². The second-order valence-electron chi connectivity index (χ2n) is 7.83. The standard InChI is InChI=1S/C21H30N2O2/c1-15(2)20(24)23-13-7-10-17(14-23)21(25)22(3)19-12-6-9-16-8-4-5-11-18(16)19/h4-5,8,11,15,17,19H,6-7,9-10,12-14H2,1-3H3/t17-,19-/m1/s1. The van der Waals surface area contributed by atoms with Crippen LogP contribution in [0.25, 0.3) is 0 Å². The molecule has 0 N–H and O–H groups in total. The van der Waals surface area contributed by atoms with Crippen molar-refractivity contribution in [2.45, 2.75) is 52.0 Å². The number of piperidine rings is 1. The molecule has 1 saturated heterocycles. The van der Waals surface area contributed by atoms with Gasteiger partial charge in [0.1, 0.15) is 0 Å². The quantitative estimate of drug-likeness (QED) is 0.844. The number of nitrogens with zero attached hydrogens (tertiary/aromatic N) is 2. The Morgan fingerprint density at radius 1 is 1.16 bits per heavy atom. The minimum atomic E-state index is -0.0597. The van der Waals surface area contributed by atoms with E-state index in [0.717, 1.165) is 38.6 Å². The van der Waals surface area contributed by atoms with Gasteiger partial charge < -0.3 is 9.80 Å². The van der Waals surface area contributed by atoms with Crippen molar-refractivity contribution in [2.24, 2.45) is 11.8 Å². The highest BCUT2D eigenvalue weighted by Crippen LogP contribution is 2.35. The fourth-order valence-corrected chi connectivity index (χ4v) is 4.32. The molecule has 25 heavy (non-hydrogen) atoms. The Labute approximate surface area is 151 Å². The first-order valence-corrected chi connectivity index (χ1v) is 9.62. The number of hydrogen-bond acceptors (Lipinski definition) is 2. The van der Waals surface area contributed by atoms with Crippen molar-refractivity contribution >= 4 is 11.8 Å². The van der Waals surface area contributed by atoms with Crippen molar-refractivity contribution in [1.82, 2.24) is 9.80 Å². The van der Waals surface area contributed by atoms with E-state index in [0.29, 0.717) is 6.54 Å². The molecule has 136 valence electrons. The van der Waals surface area contributed by atoms with Crippen LogP contribution in [-0.4, -0.2) is 41.8 Å². The maximum atomic E-state index is 13.1. The Bertz CT molecular complexity index is 641. The summed E-state index contributed by atoms with van der Waals surface area (Å²) < 4.78 is 0. The highest BCUT2D eigenvalue weighted by atomic mass is 16.2. The summed E-state index contributed by atoms with van der Waals surface area (Å²) in [6, 6.07) is 8.68. The van der Waals surface area contributed by atoms with E-state index in [1.807, 2.05) is 30.7 Å². The second-order valence-corrected chi connectivity index (χ2v) is 7.83. The molecule has 3 rings (SSSR count). The van der Waals surface area contributed by atoms with Gasteiger partial charge in [0, 0.05) is 26.1 Å². The first-order valence-electron chi connectivity index (χ1n) is 9.62. The number of fused-ring (bicyclic) bond motifs is 1. The molecular weight excluding hydrogens is 312 g/mol. The van der Waals surface area contributed by atoms with Crippen LogP contribution in [0, 0.1) is 11.8 Å². The summed E-state index contributed by atoms with van der Waals surface area (Å²) in [5, 5.41) is 0. The van der Waals surface area contributed by atoms with Gasteiger partial charge in [0.05, 0.1) is 12.0 Å². The topological polar surface area (TPSA) is 40.6 Å². The van der Waals surface area contributed by atoms with Crippen LogP contribution < -0.4 is 0 Å². The first-order chi connectivity index (χ1) is 12.0. The number of hydrogen-bond donors (Lipinski definition) is 0. The number of amides is 2. The van der Waals surface area contributed by atoms with E-state index < -0.39 is 0 Å². The molecule has 4 heteroatoms. The lowest BCUT2D eigenvalue weighted by molar-refractivity contribution is -0.143. The van der Waals surface area contributed by atoms with Crippen LogP contribution in [0.5, 0.6) is 0 Å². The minimum Gasteiger partial charge on any atom is -0.342 e. The molecule has 1 aliphatic carbocycles. The van der Waals surface area contributed by atoms with Gasteiger partial charge in [0.25, 0.3) is 0 Å². The van der Waals surface area contributed by atoms with Crippen LogP contribution in [0.4, 0.5) is 0 Å². The summed E-state index contributed by atoms with van der Waals surface area (Å²) in [5.41, 5.74) is 2.68. The molecule has 1 heterocycles. The summed E-state index contributed by atoms with van der Waals surface area (Å²) in [6.45, 7) is 5.23. The SMILES string of the molecule is CC(C)C(=O)N1CCC[C@@H](C(=O)N(C)[C@@H]2CCCc3ccccc32)C1. The average Bonchev–Trinajstić information content (AvgIpc) is 2.65. The lowest BCUT2D eigenvalue weighted by Gasteiger charge is -2.38. The predicted molar refractivity (Wildman–Crippen MR) is 99.0 cm³/mol. The Morgan fingerprint density at radius 3 is 2.68 bits per heavy atom. The van der Waals surface area contributed by atoms with Gasteiger partial charge in [-0.05, 0) is 43.2 Å². The number of aryl methyl sites for hydroxylation is 1. The smallest absolute Gasteiger partial charge is 0.227 e. The second kappa shape index (κ2) is 7.59. The molecule has 2 amide bonds. The van der Waals surface area contributed by atoms with Crippen LogP contribution in [-0.2, 0) is 16.0 Å². The number of carbonyl (C=O) groups excluding carboxylic acids is 2. The summed E-state index contributed by atoms with van der Waals surface area (Å²) in [5.74, 6) is 0.304. The largest absolute Gasteiger partial charge is 0.342 e. The van der Waals surface area contributed by atoms with Gasteiger partial charge in [-0.2, -0.15) is 0 Å². The molecule has 1 aromatic rings. The Balaban J connectivity index is 1.72. The van der Waals surface area contributed by atoms with Crippen molar-refractivity contribution in [3.63, 3.8) is 0 Å². The van der Waals surface area contributed by atoms with Gasteiger partial charge in [-0.25, -0.2) is 0 Å². The van der Waals surface area contributed by atoms with Gasteiger partial charge in [-0.1, -0.05) is 38.1 Å². The molecule has 0 spiro atoms.